The summed E-state index contributed by atoms with van der Waals surface area (Å²) in [5, 5.41) is 12.5. The topological polar surface area (TPSA) is 96.8 Å². The first kappa shape index (κ1) is 17.7. The smallest absolute Gasteiger partial charge is 0.281 e. The van der Waals surface area contributed by atoms with Crippen molar-refractivity contribution in [2.24, 2.45) is 7.05 Å². The van der Waals surface area contributed by atoms with Gasteiger partial charge >= 0.3 is 0 Å². The Hall–Kier alpha value is -3.33. The summed E-state index contributed by atoms with van der Waals surface area (Å²) in [6.07, 6.45) is 3.63. The zero-order valence-corrected chi connectivity index (χ0v) is 16.8. The van der Waals surface area contributed by atoms with Crippen LogP contribution in [0.2, 0.25) is 0 Å². The number of fused-ring (bicyclic) bond motifs is 4. The number of H-pyrrole nitrogens is 1. The molecule has 3 heterocycles. The van der Waals surface area contributed by atoms with Crippen molar-refractivity contribution in [3.05, 3.63) is 57.1 Å². The molecule has 8 nitrogen and oxygen atoms in total. The molecule has 1 N–H and O–H groups in total. The van der Waals surface area contributed by atoms with E-state index in [0.717, 1.165) is 34.7 Å². The van der Waals surface area contributed by atoms with Crippen molar-refractivity contribution in [2.45, 2.75) is 19.8 Å². The zero-order valence-electron chi connectivity index (χ0n) is 16.0. The fourth-order valence-electron chi connectivity index (χ4n) is 3.80. The Balaban J connectivity index is 1.59. The van der Waals surface area contributed by atoms with Crippen molar-refractivity contribution in [3.8, 4) is 11.3 Å². The summed E-state index contributed by atoms with van der Waals surface area (Å²) < 4.78 is 1.89. The van der Waals surface area contributed by atoms with Crippen molar-refractivity contribution in [1.82, 2.24) is 25.0 Å². The van der Waals surface area contributed by atoms with Crippen LogP contribution in [0.15, 0.2) is 35.3 Å². The van der Waals surface area contributed by atoms with Crippen LogP contribution in [0.25, 0.3) is 22.0 Å². The SMILES string of the molecule is CCN(C(=O)c1n[nH]c(=O)c2ccccc12)c1nc2c(s1)CCc1c-2cnn1C. The van der Waals surface area contributed by atoms with Gasteiger partial charge < -0.3 is 0 Å². The van der Waals surface area contributed by atoms with E-state index in [9.17, 15) is 9.59 Å². The van der Waals surface area contributed by atoms with Crippen LogP contribution in [0.1, 0.15) is 28.0 Å². The van der Waals surface area contributed by atoms with Crippen LogP contribution in [0.4, 0.5) is 5.13 Å². The number of aryl methyl sites for hydroxylation is 2. The van der Waals surface area contributed by atoms with Crippen LogP contribution in [-0.2, 0) is 19.9 Å². The molecule has 0 atom stereocenters. The third-order valence-electron chi connectivity index (χ3n) is 5.28. The van der Waals surface area contributed by atoms with E-state index in [0.29, 0.717) is 22.4 Å². The van der Waals surface area contributed by atoms with E-state index in [1.165, 1.54) is 11.3 Å². The summed E-state index contributed by atoms with van der Waals surface area (Å²) in [7, 11) is 1.94. The molecule has 1 amide bonds. The number of hydrogen-bond acceptors (Lipinski definition) is 6. The summed E-state index contributed by atoms with van der Waals surface area (Å²) >= 11 is 1.53. The van der Waals surface area contributed by atoms with Crippen LogP contribution in [0, 0.1) is 0 Å². The maximum absolute atomic E-state index is 13.4. The number of hydrogen-bond donors (Lipinski definition) is 1. The third-order valence-corrected chi connectivity index (χ3v) is 6.42. The van der Waals surface area contributed by atoms with Crippen molar-refractivity contribution < 1.29 is 4.79 Å². The minimum absolute atomic E-state index is 0.220. The number of nitrogens with zero attached hydrogens (tertiary/aromatic N) is 5. The number of benzene rings is 1. The molecular formula is C20H18N6O2S. The van der Waals surface area contributed by atoms with Gasteiger partial charge in [-0.15, -0.1) is 11.3 Å². The van der Waals surface area contributed by atoms with Gasteiger partial charge in [-0.2, -0.15) is 10.2 Å². The molecule has 1 aliphatic rings. The first-order chi connectivity index (χ1) is 14.1. The molecule has 0 radical (unpaired) electrons. The number of aromatic amines is 1. The number of rotatable bonds is 3. The number of carbonyl (C=O) groups is 1. The number of amides is 1. The van der Waals surface area contributed by atoms with Gasteiger partial charge in [-0.1, -0.05) is 18.2 Å². The molecular weight excluding hydrogens is 388 g/mol. The summed E-state index contributed by atoms with van der Waals surface area (Å²) in [4.78, 5) is 33.0. The largest absolute Gasteiger partial charge is 0.283 e. The van der Waals surface area contributed by atoms with Crippen molar-refractivity contribution >= 4 is 33.1 Å². The first-order valence-electron chi connectivity index (χ1n) is 9.38. The Kier molecular flexibility index (Phi) is 4.06. The second-order valence-electron chi connectivity index (χ2n) is 6.89. The molecule has 0 bridgehead atoms. The highest BCUT2D eigenvalue weighted by Gasteiger charge is 2.28. The number of carbonyl (C=O) groups excluding carboxylic acids is 1. The van der Waals surface area contributed by atoms with E-state index < -0.39 is 0 Å². The zero-order chi connectivity index (χ0) is 20.1. The van der Waals surface area contributed by atoms with Crippen LogP contribution in [-0.4, -0.2) is 37.4 Å². The normalized spacial score (nSPS) is 12.6. The van der Waals surface area contributed by atoms with Gasteiger partial charge in [0.25, 0.3) is 11.5 Å². The molecule has 1 aromatic carbocycles. The van der Waals surface area contributed by atoms with Gasteiger partial charge in [0.1, 0.15) is 0 Å². The average molecular weight is 406 g/mol. The number of anilines is 1. The number of aromatic nitrogens is 5. The lowest BCUT2D eigenvalue weighted by Crippen LogP contribution is -2.32. The molecule has 9 heteroatoms. The van der Waals surface area contributed by atoms with E-state index in [2.05, 4.69) is 15.3 Å². The summed E-state index contributed by atoms with van der Waals surface area (Å²) in [6.45, 7) is 2.35. The number of nitrogens with one attached hydrogen (secondary N) is 1. The molecule has 146 valence electrons. The molecule has 0 aliphatic heterocycles. The van der Waals surface area contributed by atoms with Crippen LogP contribution >= 0.6 is 11.3 Å². The van der Waals surface area contributed by atoms with Crippen molar-refractivity contribution in [3.63, 3.8) is 0 Å². The molecule has 4 aromatic rings. The highest BCUT2D eigenvalue weighted by molar-refractivity contribution is 7.16. The molecule has 0 spiro atoms. The Bertz CT molecular complexity index is 1320. The maximum atomic E-state index is 13.4. The second kappa shape index (κ2) is 6.63. The van der Waals surface area contributed by atoms with Gasteiger partial charge in [-0.3, -0.25) is 19.2 Å². The molecule has 0 saturated carbocycles. The monoisotopic (exact) mass is 406 g/mol. The highest BCUT2D eigenvalue weighted by Crippen LogP contribution is 2.39. The molecule has 0 unspecified atom stereocenters. The minimum Gasteiger partial charge on any atom is -0.283 e. The summed E-state index contributed by atoms with van der Waals surface area (Å²) in [6, 6.07) is 6.99. The predicted octanol–water partition coefficient (Wildman–Crippen LogP) is 2.55. The minimum atomic E-state index is -0.311. The van der Waals surface area contributed by atoms with Crippen LogP contribution in [0.5, 0.6) is 0 Å². The van der Waals surface area contributed by atoms with Gasteiger partial charge in [0.15, 0.2) is 10.8 Å². The molecule has 5 rings (SSSR count). The predicted molar refractivity (Wildman–Crippen MR) is 111 cm³/mol. The van der Waals surface area contributed by atoms with E-state index >= 15 is 0 Å². The fraction of sp³-hybridized carbons (Fsp3) is 0.250. The lowest BCUT2D eigenvalue weighted by molar-refractivity contribution is 0.0984. The average Bonchev–Trinajstić information content (AvgIpc) is 3.32. The second-order valence-corrected chi connectivity index (χ2v) is 7.96. The van der Waals surface area contributed by atoms with Crippen molar-refractivity contribution in [1.29, 1.82) is 0 Å². The van der Waals surface area contributed by atoms with Gasteiger partial charge in [0.05, 0.1) is 17.3 Å². The Morgan fingerprint density at radius 1 is 1.28 bits per heavy atom. The van der Waals surface area contributed by atoms with Crippen LogP contribution < -0.4 is 10.5 Å². The Labute approximate surface area is 169 Å². The number of thiazole rings is 1. The highest BCUT2D eigenvalue weighted by atomic mass is 32.1. The summed E-state index contributed by atoms with van der Waals surface area (Å²) in [5.41, 5.74) is 3.01. The maximum Gasteiger partial charge on any atom is 0.281 e. The quantitative estimate of drug-likeness (QED) is 0.564. The summed E-state index contributed by atoms with van der Waals surface area (Å²) in [5.74, 6) is -0.280. The van der Waals surface area contributed by atoms with Crippen LogP contribution in [0.3, 0.4) is 0 Å². The molecule has 3 aromatic heterocycles. The molecule has 29 heavy (non-hydrogen) atoms. The van der Waals surface area contributed by atoms with Gasteiger partial charge in [-0.25, -0.2) is 10.1 Å². The Morgan fingerprint density at radius 3 is 2.86 bits per heavy atom. The van der Waals surface area contributed by atoms with E-state index in [1.54, 1.807) is 29.2 Å². The van der Waals surface area contributed by atoms with E-state index in [1.807, 2.05) is 24.9 Å². The molecule has 1 aliphatic carbocycles. The van der Waals surface area contributed by atoms with Gasteiger partial charge in [0.2, 0.25) is 0 Å². The Morgan fingerprint density at radius 2 is 2.07 bits per heavy atom. The van der Waals surface area contributed by atoms with E-state index in [-0.39, 0.29) is 17.2 Å². The van der Waals surface area contributed by atoms with Gasteiger partial charge in [-0.05, 0) is 25.8 Å². The van der Waals surface area contributed by atoms with Gasteiger partial charge in [0, 0.05) is 35.1 Å². The van der Waals surface area contributed by atoms with E-state index in [4.69, 9.17) is 4.98 Å². The lowest BCUT2D eigenvalue weighted by atomic mass is 10.0. The standard InChI is InChI=1S/C20H18N6O2S/c1-3-26(19(28)17-11-6-4-5-7-12(11)18(27)24-23-17)20-22-16-13-10-21-25(2)14(13)8-9-15(16)29-20/h4-7,10H,3,8-9H2,1-2H3,(H,24,27). The lowest BCUT2D eigenvalue weighted by Gasteiger charge is -2.17. The fourth-order valence-corrected chi connectivity index (χ4v) is 4.93. The first-order valence-corrected chi connectivity index (χ1v) is 10.2. The molecule has 0 saturated heterocycles. The molecule has 0 fully saturated rings. The third kappa shape index (κ3) is 2.69. The van der Waals surface area contributed by atoms with Crippen molar-refractivity contribution in [2.75, 3.05) is 11.4 Å².